The van der Waals surface area contributed by atoms with Crippen LogP contribution in [0.4, 0.5) is 51.2 Å². The summed E-state index contributed by atoms with van der Waals surface area (Å²) in [4.78, 5) is 0. The maximum atomic E-state index is 7.28. The van der Waals surface area contributed by atoms with Crippen molar-refractivity contribution in [3.8, 4) is 17.1 Å². The Morgan fingerprint density at radius 3 is 0.783 bits per heavy atom. The number of para-hydroxylation sites is 6. The summed E-state index contributed by atoms with van der Waals surface area (Å²) >= 11 is 0. The van der Waals surface area contributed by atoms with Crippen molar-refractivity contribution in [3.05, 3.63) is 218 Å². The molecule has 3 heterocycles. The van der Waals surface area contributed by atoms with E-state index in [0.29, 0.717) is 34.1 Å². The van der Waals surface area contributed by atoms with Crippen molar-refractivity contribution in [2.45, 2.75) is 0 Å². The SMILES string of the molecule is Nc1c(Nc2ccc3c(c2)c2ccccc2n3-c2ccccc2)c(N)c(Nc2ccc3c(c2)c2ccccc2n3-c2ccccc2)c(N)c1Nc1ccc2c(c1)c1ccccc1n2-c1ccccc1. The number of nitrogens with one attached hydrogen (secondary N) is 3. The highest BCUT2D eigenvalue weighted by atomic mass is 15.0. The Balaban J connectivity index is 0.961. The summed E-state index contributed by atoms with van der Waals surface area (Å²) in [5.74, 6) is 0. The van der Waals surface area contributed by atoms with Crippen LogP contribution in [-0.2, 0) is 0 Å². The highest BCUT2D eigenvalue weighted by molar-refractivity contribution is 6.15. The smallest absolute Gasteiger partial charge is 0.0896 e. The number of hydrogen-bond donors (Lipinski definition) is 6. The van der Waals surface area contributed by atoms with Gasteiger partial charge in [-0.1, -0.05) is 109 Å². The van der Waals surface area contributed by atoms with Crippen LogP contribution >= 0.6 is 0 Å². The van der Waals surface area contributed by atoms with E-state index in [-0.39, 0.29) is 0 Å². The van der Waals surface area contributed by atoms with Crippen LogP contribution in [0.15, 0.2) is 218 Å². The maximum absolute atomic E-state index is 7.28. The fourth-order valence-corrected chi connectivity index (χ4v) is 10.4. The van der Waals surface area contributed by atoms with E-state index in [4.69, 9.17) is 17.2 Å². The lowest BCUT2D eigenvalue weighted by Crippen LogP contribution is -2.11. The predicted molar refractivity (Wildman–Crippen MR) is 292 cm³/mol. The minimum atomic E-state index is 0.385. The lowest BCUT2D eigenvalue weighted by atomic mass is 10.1. The first kappa shape index (κ1) is 39.7. The van der Waals surface area contributed by atoms with Crippen LogP contribution in [0.5, 0.6) is 0 Å². The molecule has 330 valence electrons. The van der Waals surface area contributed by atoms with Crippen LogP contribution in [0.1, 0.15) is 0 Å². The van der Waals surface area contributed by atoms with Crippen LogP contribution < -0.4 is 33.2 Å². The summed E-state index contributed by atoms with van der Waals surface area (Å²) in [7, 11) is 0. The highest BCUT2D eigenvalue weighted by Gasteiger charge is 2.23. The van der Waals surface area contributed by atoms with Gasteiger partial charge in [-0.25, -0.2) is 0 Å². The summed E-state index contributed by atoms with van der Waals surface area (Å²) in [6.07, 6.45) is 0. The van der Waals surface area contributed by atoms with Gasteiger partial charge in [-0.2, -0.15) is 0 Å². The van der Waals surface area contributed by atoms with Gasteiger partial charge in [0.05, 0.1) is 67.2 Å². The molecule has 9 nitrogen and oxygen atoms in total. The molecule has 9 heteroatoms. The Morgan fingerprint density at radius 1 is 0.246 bits per heavy atom. The van der Waals surface area contributed by atoms with Crippen molar-refractivity contribution in [2.75, 3.05) is 33.2 Å². The maximum Gasteiger partial charge on any atom is 0.0896 e. The summed E-state index contributed by atoms with van der Waals surface area (Å²) in [5, 5.41) is 17.7. The number of rotatable bonds is 9. The molecule has 10 aromatic carbocycles. The van der Waals surface area contributed by atoms with Gasteiger partial charge in [-0.05, 0) is 109 Å². The van der Waals surface area contributed by atoms with E-state index in [1.54, 1.807) is 0 Å². The van der Waals surface area contributed by atoms with Crippen molar-refractivity contribution in [1.82, 2.24) is 13.7 Å². The number of anilines is 9. The normalized spacial score (nSPS) is 11.7. The van der Waals surface area contributed by atoms with E-state index < -0.39 is 0 Å². The first-order chi connectivity index (χ1) is 34.0. The molecule has 69 heavy (non-hydrogen) atoms. The minimum Gasteiger partial charge on any atom is -0.395 e. The zero-order valence-electron chi connectivity index (χ0n) is 37.4. The Kier molecular flexibility index (Phi) is 9.09. The Hall–Kier alpha value is -9.60. The molecule has 0 aliphatic rings. The van der Waals surface area contributed by atoms with E-state index >= 15 is 0 Å². The van der Waals surface area contributed by atoms with E-state index in [0.717, 1.165) is 99.5 Å². The molecule has 0 aliphatic carbocycles. The lowest BCUT2D eigenvalue weighted by Gasteiger charge is -2.24. The summed E-state index contributed by atoms with van der Waals surface area (Å²) < 4.78 is 6.89. The first-order valence-electron chi connectivity index (χ1n) is 23.1. The molecule has 0 unspecified atom stereocenters. The van der Waals surface area contributed by atoms with Crippen LogP contribution in [0, 0.1) is 0 Å². The van der Waals surface area contributed by atoms with Crippen LogP contribution in [-0.4, -0.2) is 13.7 Å². The number of nitrogen functional groups attached to an aromatic ring is 3. The van der Waals surface area contributed by atoms with E-state index in [1.807, 2.05) is 18.2 Å². The van der Waals surface area contributed by atoms with Gasteiger partial charge in [0, 0.05) is 66.4 Å². The highest BCUT2D eigenvalue weighted by Crippen LogP contribution is 2.50. The fourth-order valence-electron chi connectivity index (χ4n) is 10.4. The van der Waals surface area contributed by atoms with Gasteiger partial charge in [0.25, 0.3) is 0 Å². The number of benzene rings is 10. The number of nitrogens with two attached hydrogens (primary N) is 3. The molecule has 0 radical (unpaired) electrons. The Labute approximate surface area is 397 Å². The lowest BCUT2D eigenvalue weighted by molar-refractivity contribution is 1.18. The molecular weight excluding hydrogens is 847 g/mol. The van der Waals surface area contributed by atoms with E-state index in [9.17, 15) is 0 Å². The summed E-state index contributed by atoms with van der Waals surface area (Å²) in [5.41, 5.74) is 36.9. The third-order valence-corrected chi connectivity index (χ3v) is 13.5. The third-order valence-electron chi connectivity index (χ3n) is 13.5. The predicted octanol–water partition coefficient (Wildman–Crippen LogP) is 15.0. The second-order valence-corrected chi connectivity index (χ2v) is 17.5. The van der Waals surface area contributed by atoms with Crippen LogP contribution in [0.2, 0.25) is 0 Å². The van der Waals surface area contributed by atoms with Crippen molar-refractivity contribution in [1.29, 1.82) is 0 Å². The monoisotopic (exact) mass is 891 g/mol. The second kappa shape index (κ2) is 15.8. The van der Waals surface area contributed by atoms with Crippen molar-refractivity contribution < 1.29 is 0 Å². The van der Waals surface area contributed by atoms with Gasteiger partial charge in [-0.15, -0.1) is 0 Å². The van der Waals surface area contributed by atoms with Gasteiger partial charge in [0.15, 0.2) is 0 Å². The molecule has 0 aliphatic heterocycles. The second-order valence-electron chi connectivity index (χ2n) is 17.5. The average molecular weight is 892 g/mol. The van der Waals surface area contributed by atoms with E-state index in [2.05, 4.69) is 230 Å². The summed E-state index contributed by atoms with van der Waals surface area (Å²) in [6, 6.07) is 75.9. The van der Waals surface area contributed by atoms with Gasteiger partial charge in [0.2, 0.25) is 0 Å². The van der Waals surface area contributed by atoms with Gasteiger partial charge < -0.3 is 46.9 Å². The molecule has 0 atom stereocenters. The van der Waals surface area contributed by atoms with Crippen LogP contribution in [0.3, 0.4) is 0 Å². The molecule has 3 aromatic heterocycles. The zero-order valence-corrected chi connectivity index (χ0v) is 37.4. The molecule has 13 rings (SSSR count). The molecular formula is C60H45N9. The zero-order chi connectivity index (χ0) is 46.2. The first-order valence-corrected chi connectivity index (χ1v) is 23.1. The van der Waals surface area contributed by atoms with Crippen molar-refractivity contribution in [2.24, 2.45) is 0 Å². The molecule has 0 spiro atoms. The third kappa shape index (κ3) is 6.40. The largest absolute Gasteiger partial charge is 0.395 e. The quantitative estimate of drug-likeness (QED) is 0.0801. The Morgan fingerprint density at radius 2 is 0.493 bits per heavy atom. The van der Waals surface area contributed by atoms with Gasteiger partial charge in [0.1, 0.15) is 0 Å². The number of aromatic nitrogens is 3. The molecule has 9 N–H and O–H groups in total. The van der Waals surface area contributed by atoms with E-state index in [1.165, 1.54) is 0 Å². The molecule has 0 fully saturated rings. The Bertz CT molecular complexity index is 3680. The van der Waals surface area contributed by atoms with Crippen molar-refractivity contribution in [3.63, 3.8) is 0 Å². The standard InChI is InChI=1S/C60H45N9/c61-55-58(64-37-28-31-52-46(34-37)43-22-10-13-25-49(43)67(52)40-16-4-1-5-17-40)56(62)60(66-39-30-33-54-48(36-39)45-24-12-15-27-51(45)69(54)42-20-8-3-9-21-42)57(63)59(55)65-38-29-32-53-47(35-38)44-23-11-14-26-50(44)68(53)41-18-6-2-7-19-41/h1-36,64-66H,61-63H2. The topological polar surface area (TPSA) is 129 Å². The fraction of sp³-hybridized carbons (Fsp3) is 0. The van der Waals surface area contributed by atoms with Gasteiger partial charge >= 0.3 is 0 Å². The van der Waals surface area contributed by atoms with Crippen molar-refractivity contribution >= 4 is 117 Å². The molecule has 0 saturated heterocycles. The molecule has 0 amide bonds. The average Bonchev–Trinajstić information content (AvgIpc) is 4.04. The molecule has 0 bridgehead atoms. The molecule has 13 aromatic rings. The number of nitrogens with zero attached hydrogens (tertiary/aromatic N) is 3. The van der Waals surface area contributed by atoms with Crippen LogP contribution in [0.25, 0.3) is 82.5 Å². The minimum absolute atomic E-state index is 0.385. The summed E-state index contributed by atoms with van der Waals surface area (Å²) in [6.45, 7) is 0. The number of hydrogen-bond acceptors (Lipinski definition) is 6. The molecule has 0 saturated carbocycles. The number of fused-ring (bicyclic) bond motifs is 9. The van der Waals surface area contributed by atoms with Gasteiger partial charge in [-0.3, -0.25) is 0 Å².